The third-order valence-electron chi connectivity index (χ3n) is 5.60. The molecule has 5 rings (SSSR count). The van der Waals surface area contributed by atoms with Crippen LogP contribution in [0.3, 0.4) is 0 Å². The SMILES string of the molecule is O=C(CC1Oc2ccccc2NC1=O)Nc1ccc2c(c1)CN(Cc1ccccc1)C2. The minimum atomic E-state index is -0.842. The van der Waals surface area contributed by atoms with Crippen LogP contribution in [-0.4, -0.2) is 22.8 Å². The molecule has 2 amide bonds. The van der Waals surface area contributed by atoms with Crippen molar-refractivity contribution >= 4 is 23.2 Å². The van der Waals surface area contributed by atoms with Gasteiger partial charge in [0.2, 0.25) is 5.91 Å². The molecule has 1 unspecified atom stereocenters. The zero-order valence-corrected chi connectivity index (χ0v) is 17.0. The van der Waals surface area contributed by atoms with Gasteiger partial charge in [0, 0.05) is 25.3 Å². The Kier molecular flexibility index (Phi) is 5.14. The normalized spacial score (nSPS) is 17.3. The summed E-state index contributed by atoms with van der Waals surface area (Å²) in [4.78, 5) is 27.2. The molecule has 6 heteroatoms. The Morgan fingerprint density at radius 2 is 1.77 bits per heavy atom. The average Bonchev–Trinajstić information content (AvgIpc) is 3.16. The molecule has 0 saturated carbocycles. The maximum absolute atomic E-state index is 12.6. The quantitative estimate of drug-likeness (QED) is 0.665. The van der Waals surface area contributed by atoms with Crippen LogP contribution in [0.15, 0.2) is 72.8 Å². The van der Waals surface area contributed by atoms with Crippen LogP contribution in [0.5, 0.6) is 5.75 Å². The highest BCUT2D eigenvalue weighted by molar-refractivity contribution is 6.02. The number of carbonyl (C=O) groups is 2. The maximum atomic E-state index is 12.6. The number of benzene rings is 3. The summed E-state index contributed by atoms with van der Waals surface area (Å²) >= 11 is 0. The van der Waals surface area contributed by atoms with Gasteiger partial charge >= 0.3 is 0 Å². The van der Waals surface area contributed by atoms with E-state index in [1.165, 1.54) is 16.7 Å². The van der Waals surface area contributed by atoms with Gasteiger partial charge in [-0.15, -0.1) is 0 Å². The highest BCUT2D eigenvalue weighted by Gasteiger charge is 2.29. The Labute approximate surface area is 180 Å². The van der Waals surface area contributed by atoms with Crippen LogP contribution in [0.1, 0.15) is 23.1 Å². The van der Waals surface area contributed by atoms with Gasteiger partial charge in [0.25, 0.3) is 5.91 Å². The van der Waals surface area contributed by atoms with Crippen molar-refractivity contribution < 1.29 is 14.3 Å². The molecule has 3 aromatic carbocycles. The second kappa shape index (κ2) is 8.24. The molecule has 0 fully saturated rings. The number of ether oxygens (including phenoxy) is 1. The number of nitrogens with one attached hydrogen (secondary N) is 2. The Balaban J connectivity index is 1.20. The van der Waals surface area contributed by atoms with E-state index in [1.54, 1.807) is 12.1 Å². The van der Waals surface area contributed by atoms with Gasteiger partial charge in [-0.3, -0.25) is 14.5 Å². The number of hydrogen-bond donors (Lipinski definition) is 2. The number of carbonyl (C=O) groups excluding carboxylic acids is 2. The molecule has 1 atom stereocenters. The van der Waals surface area contributed by atoms with Crippen molar-refractivity contribution in [1.29, 1.82) is 0 Å². The summed E-state index contributed by atoms with van der Waals surface area (Å²) in [5.74, 6) is 0.0221. The van der Waals surface area contributed by atoms with Gasteiger partial charge in [0.15, 0.2) is 6.10 Å². The summed E-state index contributed by atoms with van der Waals surface area (Å²) in [6.45, 7) is 2.64. The van der Waals surface area contributed by atoms with Gasteiger partial charge in [0.05, 0.1) is 12.1 Å². The summed E-state index contributed by atoms with van der Waals surface area (Å²) in [7, 11) is 0. The Morgan fingerprint density at radius 1 is 1.00 bits per heavy atom. The molecule has 0 aliphatic carbocycles. The van der Waals surface area contributed by atoms with E-state index in [4.69, 9.17) is 4.74 Å². The van der Waals surface area contributed by atoms with Crippen molar-refractivity contribution in [3.63, 3.8) is 0 Å². The van der Waals surface area contributed by atoms with E-state index in [2.05, 4.69) is 45.9 Å². The zero-order chi connectivity index (χ0) is 21.2. The van der Waals surface area contributed by atoms with Gasteiger partial charge < -0.3 is 15.4 Å². The van der Waals surface area contributed by atoms with Gasteiger partial charge in [-0.1, -0.05) is 48.5 Å². The lowest BCUT2D eigenvalue weighted by atomic mass is 10.1. The monoisotopic (exact) mass is 413 g/mol. The van der Waals surface area contributed by atoms with Crippen molar-refractivity contribution in [3.05, 3.63) is 89.5 Å². The highest BCUT2D eigenvalue weighted by Crippen LogP contribution is 2.30. The molecule has 2 aliphatic heterocycles. The molecule has 2 heterocycles. The number of hydrogen-bond acceptors (Lipinski definition) is 4. The van der Waals surface area contributed by atoms with Crippen LogP contribution in [0.25, 0.3) is 0 Å². The van der Waals surface area contributed by atoms with Crippen LogP contribution < -0.4 is 15.4 Å². The topological polar surface area (TPSA) is 70.7 Å². The number of anilines is 2. The second-order valence-corrected chi connectivity index (χ2v) is 7.96. The fraction of sp³-hybridized carbons (Fsp3) is 0.200. The predicted octanol–water partition coefficient (Wildman–Crippen LogP) is 3.93. The molecular weight excluding hydrogens is 390 g/mol. The van der Waals surface area contributed by atoms with E-state index in [9.17, 15) is 9.59 Å². The standard InChI is InChI=1S/C25H23N3O3/c29-24(13-23-25(30)27-21-8-4-5-9-22(21)31-23)26-20-11-10-18-15-28(16-19(18)12-20)14-17-6-2-1-3-7-17/h1-12,23H,13-16H2,(H,26,29)(H,27,30). The lowest BCUT2D eigenvalue weighted by Crippen LogP contribution is -2.39. The van der Waals surface area contributed by atoms with E-state index < -0.39 is 6.10 Å². The largest absolute Gasteiger partial charge is 0.478 e. The highest BCUT2D eigenvalue weighted by atomic mass is 16.5. The first kappa shape index (κ1) is 19.3. The van der Waals surface area contributed by atoms with Crippen molar-refractivity contribution in [2.75, 3.05) is 10.6 Å². The molecule has 0 bridgehead atoms. The second-order valence-electron chi connectivity index (χ2n) is 7.96. The number of nitrogens with zero attached hydrogens (tertiary/aromatic N) is 1. The number of amides is 2. The van der Waals surface area contributed by atoms with E-state index >= 15 is 0 Å². The molecule has 31 heavy (non-hydrogen) atoms. The molecule has 2 aliphatic rings. The fourth-order valence-electron chi connectivity index (χ4n) is 4.10. The number of fused-ring (bicyclic) bond motifs is 2. The Bertz CT molecular complexity index is 1130. The molecular formula is C25H23N3O3. The molecule has 0 aromatic heterocycles. The molecule has 0 radical (unpaired) electrons. The summed E-state index contributed by atoms with van der Waals surface area (Å²) in [5.41, 5.74) is 5.15. The van der Waals surface area contributed by atoms with Gasteiger partial charge in [-0.05, 0) is 41.0 Å². The van der Waals surface area contributed by atoms with E-state index in [0.29, 0.717) is 11.4 Å². The zero-order valence-electron chi connectivity index (χ0n) is 17.0. The first-order valence-corrected chi connectivity index (χ1v) is 10.4. The Morgan fingerprint density at radius 3 is 2.65 bits per heavy atom. The minimum Gasteiger partial charge on any atom is -0.478 e. The number of rotatable bonds is 5. The average molecular weight is 413 g/mol. The smallest absolute Gasteiger partial charge is 0.266 e. The first-order valence-electron chi connectivity index (χ1n) is 10.4. The molecule has 6 nitrogen and oxygen atoms in total. The third-order valence-corrected chi connectivity index (χ3v) is 5.60. The van der Waals surface area contributed by atoms with Crippen LogP contribution in [0, 0.1) is 0 Å². The molecule has 0 saturated heterocycles. The molecule has 2 N–H and O–H groups in total. The van der Waals surface area contributed by atoms with Gasteiger partial charge in [-0.2, -0.15) is 0 Å². The van der Waals surface area contributed by atoms with E-state index in [0.717, 1.165) is 25.3 Å². The Hall–Kier alpha value is -3.64. The van der Waals surface area contributed by atoms with Gasteiger partial charge in [-0.25, -0.2) is 0 Å². The summed E-state index contributed by atoms with van der Waals surface area (Å²) in [6, 6.07) is 23.6. The third kappa shape index (κ3) is 4.29. The number of para-hydroxylation sites is 2. The van der Waals surface area contributed by atoms with Gasteiger partial charge in [0.1, 0.15) is 5.75 Å². The predicted molar refractivity (Wildman–Crippen MR) is 119 cm³/mol. The van der Waals surface area contributed by atoms with Crippen LogP contribution in [0.4, 0.5) is 11.4 Å². The van der Waals surface area contributed by atoms with Crippen LogP contribution in [0.2, 0.25) is 0 Å². The molecule has 0 spiro atoms. The lowest BCUT2D eigenvalue weighted by Gasteiger charge is -2.25. The molecule has 3 aromatic rings. The lowest BCUT2D eigenvalue weighted by molar-refractivity contribution is -0.128. The van der Waals surface area contributed by atoms with Crippen LogP contribution in [-0.2, 0) is 29.2 Å². The summed E-state index contributed by atoms with van der Waals surface area (Å²) in [5, 5.41) is 5.70. The van der Waals surface area contributed by atoms with Crippen molar-refractivity contribution in [3.8, 4) is 5.75 Å². The maximum Gasteiger partial charge on any atom is 0.266 e. The van der Waals surface area contributed by atoms with Crippen LogP contribution >= 0.6 is 0 Å². The fourth-order valence-corrected chi connectivity index (χ4v) is 4.10. The van der Waals surface area contributed by atoms with E-state index in [-0.39, 0.29) is 18.2 Å². The summed E-state index contributed by atoms with van der Waals surface area (Å²) in [6.07, 6.45) is -0.886. The summed E-state index contributed by atoms with van der Waals surface area (Å²) < 4.78 is 5.72. The first-order chi connectivity index (χ1) is 15.1. The molecule has 156 valence electrons. The van der Waals surface area contributed by atoms with Crippen molar-refractivity contribution in [1.82, 2.24) is 4.90 Å². The minimum absolute atomic E-state index is 0.0443. The van der Waals surface area contributed by atoms with E-state index in [1.807, 2.05) is 30.3 Å². The van der Waals surface area contributed by atoms with Crippen molar-refractivity contribution in [2.24, 2.45) is 0 Å². The van der Waals surface area contributed by atoms with Crippen molar-refractivity contribution in [2.45, 2.75) is 32.2 Å².